The molecule has 0 aliphatic heterocycles. The van der Waals surface area contributed by atoms with Gasteiger partial charge in [0, 0.05) is 10.8 Å². The first-order valence-corrected chi connectivity index (χ1v) is 20.2. The van der Waals surface area contributed by atoms with Crippen molar-refractivity contribution in [1.29, 1.82) is 0 Å². The molecule has 57 heavy (non-hydrogen) atoms. The number of hydrogen-bond donors (Lipinski definition) is 0. The molecule has 2 aliphatic carbocycles. The summed E-state index contributed by atoms with van der Waals surface area (Å²) in [5.74, 6) is 0. The van der Waals surface area contributed by atoms with E-state index in [1.54, 1.807) is 0 Å². The number of fused-ring (bicyclic) bond motifs is 6. The monoisotopic (exact) mass is 730 g/mol. The number of rotatable bonds is 6. The molecule has 10 rings (SSSR count). The smallest absolute Gasteiger partial charge is 0.0159 e. The molecule has 0 N–H and O–H groups in total. The SMILES string of the molecule is C=C/C=C\C1=C(C)c2ccc(-c3c4ccccc4c(-c4ccc(-c5ccccc5)cc4)c4ccc(-c5ccc6c(c5)C(C)(C)c5ccccc5-6)cc34)cc2C1(C)C. The lowest BCUT2D eigenvalue weighted by molar-refractivity contribution is 0.654. The minimum absolute atomic E-state index is 0.0671. The number of allylic oxidation sites excluding steroid dienone is 5. The molecule has 0 saturated heterocycles. The maximum atomic E-state index is 3.96. The van der Waals surface area contributed by atoms with Crippen molar-refractivity contribution in [2.24, 2.45) is 0 Å². The van der Waals surface area contributed by atoms with E-state index in [1.165, 1.54) is 111 Å². The molecular weight excluding hydrogens is 685 g/mol. The molecule has 0 spiro atoms. The molecule has 0 amide bonds. The molecule has 0 saturated carbocycles. The van der Waals surface area contributed by atoms with Crippen molar-refractivity contribution in [3.05, 3.63) is 210 Å². The van der Waals surface area contributed by atoms with E-state index in [0.29, 0.717) is 0 Å². The van der Waals surface area contributed by atoms with Crippen LogP contribution < -0.4 is 0 Å². The predicted molar refractivity (Wildman–Crippen MR) is 246 cm³/mol. The number of hydrogen-bond acceptors (Lipinski definition) is 0. The fourth-order valence-corrected chi connectivity index (χ4v) is 10.1. The summed E-state index contributed by atoms with van der Waals surface area (Å²) < 4.78 is 0. The van der Waals surface area contributed by atoms with Crippen LogP contribution in [0.5, 0.6) is 0 Å². The third kappa shape index (κ3) is 5.35. The van der Waals surface area contributed by atoms with Gasteiger partial charge in [0.1, 0.15) is 0 Å². The van der Waals surface area contributed by atoms with Gasteiger partial charge in [-0.2, -0.15) is 0 Å². The van der Waals surface area contributed by atoms with Crippen LogP contribution in [0.4, 0.5) is 0 Å². The van der Waals surface area contributed by atoms with Gasteiger partial charge < -0.3 is 0 Å². The van der Waals surface area contributed by atoms with Gasteiger partial charge in [-0.25, -0.2) is 0 Å². The first-order valence-electron chi connectivity index (χ1n) is 20.2. The van der Waals surface area contributed by atoms with E-state index in [1.807, 2.05) is 6.08 Å². The summed E-state index contributed by atoms with van der Waals surface area (Å²) in [6.45, 7) is 15.7. The maximum Gasteiger partial charge on any atom is 0.0159 e. The fraction of sp³-hybridized carbons (Fsp3) is 0.123. The Morgan fingerprint density at radius 2 is 0.912 bits per heavy atom. The summed E-state index contributed by atoms with van der Waals surface area (Å²) in [6.07, 6.45) is 6.19. The van der Waals surface area contributed by atoms with E-state index >= 15 is 0 Å². The first kappa shape index (κ1) is 35.0. The van der Waals surface area contributed by atoms with Crippen molar-refractivity contribution in [1.82, 2.24) is 0 Å². The Kier molecular flexibility index (Phi) is 7.99. The fourth-order valence-electron chi connectivity index (χ4n) is 10.1. The van der Waals surface area contributed by atoms with E-state index < -0.39 is 0 Å². The van der Waals surface area contributed by atoms with Crippen molar-refractivity contribution < 1.29 is 0 Å². The molecule has 0 radical (unpaired) electrons. The zero-order valence-electron chi connectivity index (χ0n) is 33.5. The molecule has 0 heteroatoms. The molecule has 0 atom stereocenters. The van der Waals surface area contributed by atoms with Crippen LogP contribution in [-0.2, 0) is 10.8 Å². The highest BCUT2D eigenvalue weighted by atomic mass is 14.4. The Balaban J connectivity index is 1.22. The van der Waals surface area contributed by atoms with E-state index in [9.17, 15) is 0 Å². The molecule has 0 bridgehead atoms. The summed E-state index contributed by atoms with van der Waals surface area (Å²) in [4.78, 5) is 0. The van der Waals surface area contributed by atoms with Gasteiger partial charge in [-0.1, -0.05) is 192 Å². The predicted octanol–water partition coefficient (Wildman–Crippen LogP) is 15.8. The van der Waals surface area contributed by atoms with Crippen LogP contribution in [0, 0.1) is 0 Å². The quantitative estimate of drug-likeness (QED) is 0.118. The number of benzene rings is 8. The Bertz CT molecular complexity index is 3000. The third-order valence-electron chi connectivity index (χ3n) is 13.1. The highest BCUT2D eigenvalue weighted by molar-refractivity contribution is 6.22. The third-order valence-corrected chi connectivity index (χ3v) is 13.1. The second-order valence-corrected chi connectivity index (χ2v) is 16.9. The van der Waals surface area contributed by atoms with E-state index in [-0.39, 0.29) is 10.8 Å². The molecule has 274 valence electrons. The average Bonchev–Trinajstić information content (AvgIpc) is 3.59. The Morgan fingerprint density at radius 3 is 1.67 bits per heavy atom. The molecule has 2 aliphatic rings. The van der Waals surface area contributed by atoms with Crippen LogP contribution in [0.25, 0.3) is 82.8 Å². The van der Waals surface area contributed by atoms with Crippen LogP contribution in [0.2, 0.25) is 0 Å². The van der Waals surface area contributed by atoms with E-state index in [4.69, 9.17) is 0 Å². The van der Waals surface area contributed by atoms with Crippen molar-refractivity contribution in [2.45, 2.75) is 45.4 Å². The van der Waals surface area contributed by atoms with Crippen molar-refractivity contribution in [3.8, 4) is 55.6 Å². The second-order valence-electron chi connectivity index (χ2n) is 16.9. The van der Waals surface area contributed by atoms with Crippen molar-refractivity contribution in [3.63, 3.8) is 0 Å². The van der Waals surface area contributed by atoms with Crippen LogP contribution in [0.3, 0.4) is 0 Å². The Labute approximate surface area is 337 Å². The largest absolute Gasteiger partial charge is 0.0991 e. The molecule has 0 heterocycles. The lowest BCUT2D eigenvalue weighted by atomic mass is 9.79. The van der Waals surface area contributed by atoms with E-state index in [0.717, 1.165) is 0 Å². The van der Waals surface area contributed by atoms with Gasteiger partial charge in [0.05, 0.1) is 0 Å². The summed E-state index contributed by atoms with van der Waals surface area (Å²) in [5.41, 5.74) is 20.6. The summed E-state index contributed by atoms with van der Waals surface area (Å²) in [5, 5.41) is 5.06. The van der Waals surface area contributed by atoms with Gasteiger partial charge in [-0.05, 0) is 136 Å². The molecular formula is C57H46. The summed E-state index contributed by atoms with van der Waals surface area (Å²) >= 11 is 0. The van der Waals surface area contributed by atoms with Gasteiger partial charge in [-0.3, -0.25) is 0 Å². The normalized spacial score (nSPS) is 15.0. The Morgan fingerprint density at radius 1 is 0.404 bits per heavy atom. The van der Waals surface area contributed by atoms with Crippen molar-refractivity contribution in [2.75, 3.05) is 0 Å². The second kappa shape index (κ2) is 13.0. The van der Waals surface area contributed by atoms with Gasteiger partial charge in [-0.15, -0.1) is 0 Å². The lowest BCUT2D eigenvalue weighted by Crippen LogP contribution is -2.16. The first-order chi connectivity index (χ1) is 27.7. The van der Waals surface area contributed by atoms with Gasteiger partial charge in [0.15, 0.2) is 0 Å². The van der Waals surface area contributed by atoms with Gasteiger partial charge >= 0.3 is 0 Å². The average molecular weight is 731 g/mol. The molecule has 0 unspecified atom stereocenters. The molecule has 8 aromatic carbocycles. The van der Waals surface area contributed by atoms with E-state index in [2.05, 4.69) is 211 Å². The minimum Gasteiger partial charge on any atom is -0.0991 e. The van der Waals surface area contributed by atoms with Crippen LogP contribution in [-0.4, -0.2) is 0 Å². The van der Waals surface area contributed by atoms with Crippen molar-refractivity contribution >= 4 is 27.1 Å². The topological polar surface area (TPSA) is 0 Å². The molecule has 0 aromatic heterocycles. The maximum absolute atomic E-state index is 3.96. The van der Waals surface area contributed by atoms with Gasteiger partial charge in [0.25, 0.3) is 0 Å². The van der Waals surface area contributed by atoms with Crippen LogP contribution in [0.15, 0.2) is 188 Å². The summed E-state index contributed by atoms with van der Waals surface area (Å²) in [7, 11) is 0. The molecule has 0 nitrogen and oxygen atoms in total. The van der Waals surface area contributed by atoms with Crippen LogP contribution >= 0.6 is 0 Å². The lowest BCUT2D eigenvalue weighted by Gasteiger charge is -2.24. The molecule has 0 fully saturated rings. The van der Waals surface area contributed by atoms with Gasteiger partial charge in [0.2, 0.25) is 0 Å². The Hall–Kier alpha value is -6.50. The zero-order chi connectivity index (χ0) is 39.1. The minimum atomic E-state index is -0.138. The zero-order valence-corrected chi connectivity index (χ0v) is 33.5. The molecule has 8 aromatic rings. The van der Waals surface area contributed by atoms with Crippen LogP contribution in [0.1, 0.15) is 56.9 Å². The highest BCUT2D eigenvalue weighted by Crippen LogP contribution is 2.52. The summed E-state index contributed by atoms with van der Waals surface area (Å²) in [6, 6.07) is 59.3. The standard InChI is InChI=1S/C57H46/c1-7-8-21-50-36(2)43-30-29-42(35-52(43)56(50,3)4)55-47-20-13-12-19-46(47)54(39-25-23-38(24-26-39)37-16-10-9-11-17-37)48-32-28-40(33-49(48)55)41-27-31-45-44-18-14-15-22-51(44)57(5,6)53(45)34-41/h7-35H,1H2,2-6H3/b21-8-. The highest BCUT2D eigenvalue weighted by Gasteiger charge is 2.36.